The molecular weight excluding hydrogens is 216 g/mol. The highest BCUT2D eigenvalue weighted by molar-refractivity contribution is 6.35. The summed E-state index contributed by atoms with van der Waals surface area (Å²) in [5.41, 5.74) is 15.9. The Labute approximate surface area is 90.3 Å². The number of carbonyl (C=O) groups is 2. The van der Waals surface area contributed by atoms with E-state index in [1.807, 2.05) is 0 Å². The van der Waals surface area contributed by atoms with Gasteiger partial charge in [0, 0.05) is 36.0 Å². The van der Waals surface area contributed by atoms with Crippen molar-refractivity contribution in [1.29, 1.82) is 0 Å². The zero-order valence-electron chi connectivity index (χ0n) is 8.33. The molecule has 10 nitrogen and oxygen atoms in total. The third-order valence-corrected chi connectivity index (χ3v) is 1.33. The van der Waals surface area contributed by atoms with Gasteiger partial charge in [0.25, 0.3) is 0 Å². The Kier molecular flexibility index (Phi) is 7.74. The van der Waals surface area contributed by atoms with Crippen LogP contribution < -0.4 is 10.6 Å². The van der Waals surface area contributed by atoms with Gasteiger partial charge in [0.05, 0.1) is 0 Å². The molecule has 0 aromatic heterocycles. The van der Waals surface area contributed by atoms with E-state index in [-0.39, 0.29) is 26.2 Å². The van der Waals surface area contributed by atoms with Crippen molar-refractivity contribution in [2.75, 3.05) is 26.2 Å². The van der Waals surface area contributed by atoms with Crippen molar-refractivity contribution in [3.8, 4) is 0 Å². The van der Waals surface area contributed by atoms with Gasteiger partial charge in [-0.1, -0.05) is 10.2 Å². The molecule has 2 N–H and O–H groups in total. The number of amides is 2. The van der Waals surface area contributed by atoms with E-state index in [1.165, 1.54) is 0 Å². The van der Waals surface area contributed by atoms with Crippen LogP contribution in [0.1, 0.15) is 0 Å². The average Bonchev–Trinajstić information content (AvgIpc) is 2.29. The van der Waals surface area contributed by atoms with E-state index >= 15 is 0 Å². The fraction of sp³-hybridized carbons (Fsp3) is 0.667. The lowest BCUT2D eigenvalue weighted by atomic mass is 10.5. The Morgan fingerprint density at radius 2 is 1.31 bits per heavy atom. The molecule has 0 unspecified atom stereocenters. The minimum Gasteiger partial charge on any atom is -0.348 e. The predicted octanol–water partition coefficient (Wildman–Crippen LogP) is -0.161. The first-order chi connectivity index (χ1) is 7.72. The molecule has 2 amide bonds. The number of carbonyl (C=O) groups excluding carboxylic acids is 2. The summed E-state index contributed by atoms with van der Waals surface area (Å²) in [5, 5.41) is 10.8. The monoisotopic (exact) mass is 226 g/mol. The summed E-state index contributed by atoms with van der Waals surface area (Å²) in [4.78, 5) is 27.0. The Morgan fingerprint density at radius 1 is 0.938 bits per heavy atom. The van der Waals surface area contributed by atoms with Crippen LogP contribution in [0, 0.1) is 0 Å². The highest BCUT2D eigenvalue weighted by Crippen LogP contribution is 1.74. The van der Waals surface area contributed by atoms with Gasteiger partial charge in [-0.25, -0.2) is 0 Å². The zero-order chi connectivity index (χ0) is 12.2. The van der Waals surface area contributed by atoms with Gasteiger partial charge in [-0.15, -0.1) is 0 Å². The molecule has 0 radical (unpaired) electrons. The van der Waals surface area contributed by atoms with Gasteiger partial charge in [0.15, 0.2) is 0 Å². The van der Waals surface area contributed by atoms with Crippen LogP contribution in [-0.2, 0) is 9.59 Å². The van der Waals surface area contributed by atoms with E-state index in [2.05, 4.69) is 30.7 Å². The minimum absolute atomic E-state index is 0.0776. The third-order valence-electron chi connectivity index (χ3n) is 1.33. The van der Waals surface area contributed by atoms with Crippen molar-refractivity contribution in [3.63, 3.8) is 0 Å². The van der Waals surface area contributed by atoms with Gasteiger partial charge >= 0.3 is 11.8 Å². The summed E-state index contributed by atoms with van der Waals surface area (Å²) in [6.45, 7) is 0.335. The van der Waals surface area contributed by atoms with Crippen LogP contribution in [0.15, 0.2) is 10.2 Å². The number of nitrogens with one attached hydrogen (secondary N) is 2. The molecule has 0 aliphatic heterocycles. The average molecular weight is 226 g/mol. The van der Waals surface area contributed by atoms with Gasteiger partial charge in [-0.05, 0) is 11.1 Å². The lowest BCUT2D eigenvalue weighted by Crippen LogP contribution is -2.41. The first-order valence-corrected chi connectivity index (χ1v) is 4.30. The second-order valence-electron chi connectivity index (χ2n) is 2.42. The summed E-state index contributed by atoms with van der Waals surface area (Å²) >= 11 is 0. The van der Waals surface area contributed by atoms with Crippen molar-refractivity contribution in [2.24, 2.45) is 10.2 Å². The van der Waals surface area contributed by atoms with Gasteiger partial charge < -0.3 is 10.6 Å². The van der Waals surface area contributed by atoms with Gasteiger partial charge in [0.2, 0.25) is 0 Å². The Morgan fingerprint density at radius 3 is 1.62 bits per heavy atom. The summed E-state index contributed by atoms with van der Waals surface area (Å²) in [6, 6.07) is 0. The van der Waals surface area contributed by atoms with Gasteiger partial charge in [-0.3, -0.25) is 9.59 Å². The Balaban J connectivity index is 3.68. The molecule has 0 aliphatic carbocycles. The zero-order valence-corrected chi connectivity index (χ0v) is 8.33. The maximum atomic E-state index is 11.0. The molecule has 0 saturated heterocycles. The van der Waals surface area contributed by atoms with Crippen LogP contribution in [0.5, 0.6) is 0 Å². The van der Waals surface area contributed by atoms with Crippen LogP contribution in [0.25, 0.3) is 20.9 Å². The van der Waals surface area contributed by atoms with E-state index in [4.69, 9.17) is 11.1 Å². The lowest BCUT2D eigenvalue weighted by Gasteiger charge is -2.03. The van der Waals surface area contributed by atoms with Crippen molar-refractivity contribution in [1.82, 2.24) is 10.6 Å². The number of azide groups is 2. The molecule has 0 atom stereocenters. The molecule has 0 saturated carbocycles. The Hall–Kier alpha value is -2.44. The first-order valence-electron chi connectivity index (χ1n) is 4.30. The standard InChI is InChI=1S/C6H10N8O2/c7-13-11-3-1-9-5(15)6(16)10-2-4-12-14-8/h1-4H2,(H,9,15)(H,10,16). The fourth-order valence-electron chi connectivity index (χ4n) is 0.689. The smallest absolute Gasteiger partial charge is 0.309 e. The van der Waals surface area contributed by atoms with Crippen LogP contribution >= 0.6 is 0 Å². The molecule has 86 valence electrons. The SMILES string of the molecule is [N-]=[N+]=NCCNC(=O)C(=O)NCCN=[N+]=[N-]. The predicted molar refractivity (Wildman–Crippen MR) is 54.0 cm³/mol. The number of nitrogens with zero attached hydrogens (tertiary/aromatic N) is 6. The quantitative estimate of drug-likeness (QED) is 0.212. The second-order valence-corrected chi connectivity index (χ2v) is 2.42. The van der Waals surface area contributed by atoms with E-state index in [1.54, 1.807) is 0 Å². The number of hydrogen-bond donors (Lipinski definition) is 2. The summed E-state index contributed by atoms with van der Waals surface area (Å²) in [7, 11) is 0. The molecule has 0 spiro atoms. The molecule has 0 bridgehead atoms. The van der Waals surface area contributed by atoms with Crippen molar-refractivity contribution in [2.45, 2.75) is 0 Å². The van der Waals surface area contributed by atoms with E-state index < -0.39 is 11.8 Å². The topological polar surface area (TPSA) is 156 Å². The van der Waals surface area contributed by atoms with Crippen LogP contribution in [0.3, 0.4) is 0 Å². The summed E-state index contributed by atoms with van der Waals surface area (Å²) < 4.78 is 0. The van der Waals surface area contributed by atoms with E-state index in [0.29, 0.717) is 0 Å². The Bertz CT molecular complexity index is 306. The molecule has 0 aromatic carbocycles. The highest BCUT2D eigenvalue weighted by Gasteiger charge is 2.10. The third kappa shape index (κ3) is 7.01. The maximum absolute atomic E-state index is 11.0. The molecule has 0 aromatic rings. The van der Waals surface area contributed by atoms with Crippen LogP contribution in [0.4, 0.5) is 0 Å². The van der Waals surface area contributed by atoms with Gasteiger partial charge in [0.1, 0.15) is 0 Å². The fourth-order valence-corrected chi connectivity index (χ4v) is 0.689. The molecule has 0 heterocycles. The van der Waals surface area contributed by atoms with E-state index in [0.717, 1.165) is 0 Å². The molecule has 10 heteroatoms. The highest BCUT2D eigenvalue weighted by atomic mass is 16.2. The molecular formula is C6H10N8O2. The molecule has 16 heavy (non-hydrogen) atoms. The summed E-state index contributed by atoms with van der Waals surface area (Å²) in [5.74, 6) is -1.65. The van der Waals surface area contributed by atoms with Crippen molar-refractivity contribution in [3.05, 3.63) is 20.9 Å². The maximum Gasteiger partial charge on any atom is 0.309 e. The van der Waals surface area contributed by atoms with Crippen LogP contribution in [0.2, 0.25) is 0 Å². The largest absolute Gasteiger partial charge is 0.348 e. The summed E-state index contributed by atoms with van der Waals surface area (Å²) in [6.07, 6.45) is 0. The minimum atomic E-state index is -0.825. The normalized spacial score (nSPS) is 8.25. The molecule has 0 aliphatic rings. The van der Waals surface area contributed by atoms with E-state index in [9.17, 15) is 9.59 Å². The lowest BCUT2D eigenvalue weighted by molar-refractivity contribution is -0.139. The molecule has 0 fully saturated rings. The number of rotatable bonds is 6. The first kappa shape index (κ1) is 13.6. The molecule has 0 rings (SSSR count). The van der Waals surface area contributed by atoms with Gasteiger partial charge in [-0.2, -0.15) is 0 Å². The van der Waals surface area contributed by atoms with Crippen molar-refractivity contribution < 1.29 is 9.59 Å². The van der Waals surface area contributed by atoms with Crippen LogP contribution in [-0.4, -0.2) is 38.0 Å². The number of hydrogen-bond acceptors (Lipinski definition) is 4. The second kappa shape index (κ2) is 9.13. The van der Waals surface area contributed by atoms with Crippen molar-refractivity contribution >= 4 is 11.8 Å².